The molecule has 0 radical (unpaired) electrons. The fourth-order valence-corrected chi connectivity index (χ4v) is 3.84. The Morgan fingerprint density at radius 1 is 1.30 bits per heavy atom. The predicted molar refractivity (Wildman–Crippen MR) is 79.7 cm³/mol. The van der Waals surface area contributed by atoms with Crippen LogP contribution in [0.25, 0.3) is 16.2 Å². The molecule has 1 aliphatic rings. The van der Waals surface area contributed by atoms with Crippen molar-refractivity contribution in [1.82, 2.24) is 14.6 Å². The van der Waals surface area contributed by atoms with Gasteiger partial charge in [0.25, 0.3) is 0 Å². The molecule has 0 aliphatic heterocycles. The van der Waals surface area contributed by atoms with Gasteiger partial charge in [0, 0.05) is 23.2 Å². The number of thiocyanates is 1. The van der Waals surface area contributed by atoms with E-state index in [1.807, 2.05) is 34.8 Å². The van der Waals surface area contributed by atoms with Crippen molar-refractivity contribution in [2.45, 2.75) is 23.8 Å². The van der Waals surface area contributed by atoms with Crippen LogP contribution < -0.4 is 0 Å². The average molecular weight is 298 g/mol. The zero-order chi connectivity index (χ0) is 13.5. The van der Waals surface area contributed by atoms with Crippen LogP contribution in [0.2, 0.25) is 0 Å². The van der Waals surface area contributed by atoms with Gasteiger partial charge >= 0.3 is 0 Å². The molecule has 3 aromatic rings. The average Bonchev–Trinajstić information content (AvgIpc) is 3.16. The molecule has 4 rings (SSSR count). The van der Waals surface area contributed by atoms with Crippen molar-refractivity contribution in [3.8, 4) is 16.7 Å². The number of hydrogen-bond acceptors (Lipinski definition) is 5. The third-order valence-corrected chi connectivity index (χ3v) is 5.02. The van der Waals surface area contributed by atoms with Gasteiger partial charge in [-0.05, 0) is 12.8 Å². The molecule has 0 bridgehead atoms. The summed E-state index contributed by atoms with van der Waals surface area (Å²) in [6.45, 7) is 0. The van der Waals surface area contributed by atoms with E-state index in [0.29, 0.717) is 5.92 Å². The third-order valence-electron chi connectivity index (χ3n) is 3.29. The van der Waals surface area contributed by atoms with Gasteiger partial charge in [-0.2, -0.15) is 14.9 Å². The van der Waals surface area contributed by atoms with Crippen molar-refractivity contribution in [1.29, 1.82) is 5.26 Å². The lowest BCUT2D eigenvalue weighted by molar-refractivity contribution is 0.842. The van der Waals surface area contributed by atoms with E-state index < -0.39 is 0 Å². The molecule has 2 aromatic heterocycles. The molecule has 1 fully saturated rings. The van der Waals surface area contributed by atoms with E-state index in [-0.39, 0.29) is 0 Å². The summed E-state index contributed by atoms with van der Waals surface area (Å²) < 4.78 is 1.83. The van der Waals surface area contributed by atoms with Gasteiger partial charge in [-0.25, -0.2) is 4.98 Å². The number of rotatable bonds is 3. The van der Waals surface area contributed by atoms with Crippen molar-refractivity contribution in [3.63, 3.8) is 0 Å². The van der Waals surface area contributed by atoms with Crippen LogP contribution in [0.15, 0.2) is 35.4 Å². The quantitative estimate of drug-likeness (QED) is 0.543. The van der Waals surface area contributed by atoms with E-state index in [1.54, 1.807) is 11.3 Å². The van der Waals surface area contributed by atoms with E-state index in [4.69, 9.17) is 5.26 Å². The lowest BCUT2D eigenvalue weighted by Crippen LogP contribution is -1.89. The van der Waals surface area contributed by atoms with Gasteiger partial charge in [0.1, 0.15) is 21.1 Å². The Labute approximate surface area is 124 Å². The molecule has 20 heavy (non-hydrogen) atoms. The highest BCUT2D eigenvalue weighted by atomic mass is 32.2. The normalized spacial score (nSPS) is 14.6. The summed E-state index contributed by atoms with van der Waals surface area (Å²) in [5.74, 6) is 0.613. The molecule has 1 aromatic carbocycles. The van der Waals surface area contributed by atoms with Crippen LogP contribution in [0.3, 0.4) is 0 Å². The summed E-state index contributed by atoms with van der Waals surface area (Å²) in [7, 11) is 0. The number of benzene rings is 1. The van der Waals surface area contributed by atoms with Crippen LogP contribution in [0, 0.1) is 10.7 Å². The molecule has 0 N–H and O–H groups in total. The van der Waals surface area contributed by atoms with Crippen molar-refractivity contribution < 1.29 is 0 Å². The Morgan fingerprint density at radius 3 is 2.80 bits per heavy atom. The largest absolute Gasteiger partial charge is 0.216 e. The number of nitriles is 1. The minimum absolute atomic E-state index is 0.613. The Balaban J connectivity index is 1.90. The molecule has 98 valence electrons. The number of imidazole rings is 1. The fraction of sp³-hybridized carbons (Fsp3) is 0.214. The first kappa shape index (κ1) is 11.9. The summed E-state index contributed by atoms with van der Waals surface area (Å²) >= 11 is 2.77. The second-order valence-electron chi connectivity index (χ2n) is 4.73. The second kappa shape index (κ2) is 4.62. The molecular formula is C14H10N4S2. The van der Waals surface area contributed by atoms with E-state index in [0.717, 1.165) is 38.0 Å². The number of fused-ring (bicyclic) bond motifs is 1. The SMILES string of the molecule is N#CSc1c(-c2ccccc2)nc2sc(C3CC3)nn12. The van der Waals surface area contributed by atoms with E-state index in [2.05, 4.69) is 15.5 Å². The van der Waals surface area contributed by atoms with Gasteiger partial charge in [0.05, 0.1) is 0 Å². The number of thioether (sulfide) groups is 1. The minimum Gasteiger partial charge on any atom is -0.216 e. The zero-order valence-electron chi connectivity index (χ0n) is 10.5. The summed E-state index contributed by atoms with van der Waals surface area (Å²) in [5.41, 5.74) is 1.87. The molecule has 0 unspecified atom stereocenters. The zero-order valence-corrected chi connectivity index (χ0v) is 12.1. The van der Waals surface area contributed by atoms with Gasteiger partial charge in [-0.15, -0.1) is 0 Å². The first-order valence-electron chi connectivity index (χ1n) is 6.37. The Kier molecular flexibility index (Phi) is 2.76. The van der Waals surface area contributed by atoms with Crippen molar-refractivity contribution in [2.75, 3.05) is 0 Å². The fourth-order valence-electron chi connectivity index (χ4n) is 2.16. The molecule has 1 saturated carbocycles. The van der Waals surface area contributed by atoms with Gasteiger partial charge in [0.15, 0.2) is 0 Å². The highest BCUT2D eigenvalue weighted by molar-refractivity contribution is 8.03. The number of aromatic nitrogens is 3. The standard InChI is InChI=1S/C14H10N4S2/c15-8-19-13-11(9-4-2-1-3-5-9)16-14-18(13)17-12(20-14)10-6-7-10/h1-5,10H,6-7H2. The van der Waals surface area contributed by atoms with Crippen LogP contribution >= 0.6 is 23.1 Å². The topological polar surface area (TPSA) is 54.0 Å². The third kappa shape index (κ3) is 1.90. The Morgan fingerprint density at radius 2 is 2.10 bits per heavy atom. The smallest absolute Gasteiger partial charge is 0.213 e. The Bertz CT molecular complexity index is 809. The number of hydrogen-bond donors (Lipinski definition) is 0. The Hall–Kier alpha value is -1.84. The molecule has 0 amide bonds. The summed E-state index contributed by atoms with van der Waals surface area (Å²) in [6.07, 6.45) is 2.45. The van der Waals surface area contributed by atoms with Crippen LogP contribution in [-0.2, 0) is 0 Å². The summed E-state index contributed by atoms with van der Waals surface area (Å²) in [4.78, 5) is 5.56. The summed E-state index contributed by atoms with van der Waals surface area (Å²) in [5, 5.41) is 17.8. The highest BCUT2D eigenvalue weighted by Gasteiger charge is 2.29. The molecule has 1 aliphatic carbocycles. The van der Waals surface area contributed by atoms with Gasteiger partial charge < -0.3 is 0 Å². The van der Waals surface area contributed by atoms with Crippen LogP contribution in [0.5, 0.6) is 0 Å². The second-order valence-corrected chi connectivity index (χ2v) is 6.49. The predicted octanol–water partition coefficient (Wildman–Crippen LogP) is 3.91. The van der Waals surface area contributed by atoms with Crippen LogP contribution in [-0.4, -0.2) is 14.6 Å². The molecule has 6 heteroatoms. The minimum atomic E-state index is 0.613. The lowest BCUT2D eigenvalue weighted by atomic mass is 10.2. The molecule has 2 heterocycles. The van der Waals surface area contributed by atoms with E-state index >= 15 is 0 Å². The van der Waals surface area contributed by atoms with Crippen LogP contribution in [0.1, 0.15) is 23.8 Å². The maximum Gasteiger partial charge on any atom is 0.213 e. The molecule has 4 nitrogen and oxygen atoms in total. The van der Waals surface area contributed by atoms with Crippen molar-refractivity contribution >= 4 is 28.1 Å². The lowest BCUT2D eigenvalue weighted by Gasteiger charge is -1.98. The maximum atomic E-state index is 9.04. The number of nitrogens with zero attached hydrogens (tertiary/aromatic N) is 4. The first-order chi connectivity index (χ1) is 9.86. The maximum absolute atomic E-state index is 9.04. The van der Waals surface area contributed by atoms with Crippen molar-refractivity contribution in [3.05, 3.63) is 35.3 Å². The van der Waals surface area contributed by atoms with Gasteiger partial charge in [-0.1, -0.05) is 41.7 Å². The first-order valence-corrected chi connectivity index (χ1v) is 8.01. The molecule has 0 saturated heterocycles. The van der Waals surface area contributed by atoms with Crippen molar-refractivity contribution in [2.24, 2.45) is 0 Å². The monoisotopic (exact) mass is 298 g/mol. The van der Waals surface area contributed by atoms with Gasteiger partial charge in [-0.3, -0.25) is 0 Å². The summed E-state index contributed by atoms with van der Waals surface area (Å²) in [6, 6.07) is 9.95. The highest BCUT2D eigenvalue weighted by Crippen LogP contribution is 2.43. The van der Waals surface area contributed by atoms with E-state index in [1.165, 1.54) is 12.8 Å². The van der Waals surface area contributed by atoms with Crippen LogP contribution in [0.4, 0.5) is 0 Å². The van der Waals surface area contributed by atoms with E-state index in [9.17, 15) is 0 Å². The van der Waals surface area contributed by atoms with Gasteiger partial charge in [0.2, 0.25) is 4.96 Å². The molecule has 0 atom stereocenters. The molecular weight excluding hydrogens is 288 g/mol. The molecule has 0 spiro atoms.